The van der Waals surface area contributed by atoms with Crippen molar-refractivity contribution in [2.75, 3.05) is 11.9 Å². The van der Waals surface area contributed by atoms with Gasteiger partial charge < -0.3 is 10.1 Å². The first-order valence-corrected chi connectivity index (χ1v) is 7.17. The molecule has 4 rings (SSSR count). The van der Waals surface area contributed by atoms with Gasteiger partial charge in [-0.3, -0.25) is 9.50 Å². The lowest BCUT2D eigenvalue weighted by Crippen LogP contribution is -2.04. The second-order valence-electron chi connectivity index (χ2n) is 5.30. The van der Waals surface area contributed by atoms with E-state index in [1.165, 1.54) is 16.7 Å². The van der Waals surface area contributed by atoms with E-state index in [-0.39, 0.29) is 17.7 Å². The van der Waals surface area contributed by atoms with E-state index >= 15 is 0 Å². The molecule has 0 amide bonds. The van der Waals surface area contributed by atoms with Crippen LogP contribution in [0, 0.1) is 6.42 Å². The van der Waals surface area contributed by atoms with Gasteiger partial charge in [-0.2, -0.15) is 18.3 Å². The lowest BCUT2D eigenvalue weighted by Gasteiger charge is -2.05. The van der Waals surface area contributed by atoms with Crippen LogP contribution in [0.1, 0.15) is 23.9 Å². The standard InChI is InChI=1S/C14H12F3N6O/c15-14(16,17)10-7-23-12(19-10)3-4-18-13(23)20-11-6-8(21-22-11)9-2-1-5-24-9/h1,3-4,6-7,9H,2,5H2,(H2,18,20,21,22)/t9-/m1/s1. The highest BCUT2D eigenvalue weighted by Crippen LogP contribution is 2.30. The molecule has 1 aliphatic rings. The summed E-state index contributed by atoms with van der Waals surface area (Å²) in [5.41, 5.74) is -0.0412. The highest BCUT2D eigenvalue weighted by Gasteiger charge is 2.34. The Morgan fingerprint density at radius 2 is 2.25 bits per heavy atom. The van der Waals surface area contributed by atoms with Gasteiger partial charge in [0.2, 0.25) is 5.95 Å². The third-order valence-corrected chi connectivity index (χ3v) is 3.65. The van der Waals surface area contributed by atoms with Gasteiger partial charge in [0, 0.05) is 18.5 Å². The number of halogens is 3. The van der Waals surface area contributed by atoms with Crippen LogP contribution in [-0.4, -0.2) is 31.2 Å². The smallest absolute Gasteiger partial charge is 0.372 e. The number of H-pyrrole nitrogens is 1. The van der Waals surface area contributed by atoms with Crippen molar-refractivity contribution in [1.82, 2.24) is 24.6 Å². The van der Waals surface area contributed by atoms with Crippen LogP contribution < -0.4 is 5.32 Å². The molecule has 0 aromatic carbocycles. The van der Waals surface area contributed by atoms with E-state index in [2.05, 4.69) is 25.5 Å². The zero-order valence-corrected chi connectivity index (χ0v) is 12.2. The van der Waals surface area contributed by atoms with Gasteiger partial charge >= 0.3 is 6.18 Å². The fourth-order valence-electron chi connectivity index (χ4n) is 2.52. The quantitative estimate of drug-likeness (QED) is 0.768. The van der Waals surface area contributed by atoms with Crippen molar-refractivity contribution in [2.24, 2.45) is 0 Å². The Labute approximate surface area is 133 Å². The maximum absolute atomic E-state index is 12.8. The molecule has 0 aliphatic carbocycles. The van der Waals surface area contributed by atoms with E-state index in [9.17, 15) is 13.2 Å². The normalized spacial score (nSPS) is 18.4. The van der Waals surface area contributed by atoms with Gasteiger partial charge in [0.1, 0.15) is 5.65 Å². The zero-order chi connectivity index (χ0) is 16.7. The Morgan fingerprint density at radius 3 is 3.00 bits per heavy atom. The predicted octanol–water partition coefficient (Wildman–Crippen LogP) is 2.88. The van der Waals surface area contributed by atoms with E-state index in [1.807, 2.05) is 6.42 Å². The van der Waals surface area contributed by atoms with Crippen molar-refractivity contribution in [3.8, 4) is 0 Å². The number of imidazole rings is 1. The van der Waals surface area contributed by atoms with Gasteiger partial charge in [0.25, 0.3) is 0 Å². The number of fused-ring (bicyclic) bond motifs is 1. The number of alkyl halides is 3. The van der Waals surface area contributed by atoms with Crippen LogP contribution in [0.15, 0.2) is 24.5 Å². The maximum atomic E-state index is 12.8. The largest absolute Gasteiger partial charge is 0.434 e. The number of nitrogens with zero attached hydrogens (tertiary/aromatic N) is 4. The molecule has 7 nitrogen and oxygen atoms in total. The number of nitrogens with one attached hydrogen (secondary N) is 2. The first-order chi connectivity index (χ1) is 11.5. The van der Waals surface area contributed by atoms with E-state index in [0.717, 1.165) is 18.3 Å². The fourth-order valence-corrected chi connectivity index (χ4v) is 2.52. The van der Waals surface area contributed by atoms with Gasteiger partial charge in [-0.1, -0.05) is 0 Å². The Morgan fingerprint density at radius 1 is 1.38 bits per heavy atom. The summed E-state index contributed by atoms with van der Waals surface area (Å²) in [6.45, 7) is 0.586. The molecule has 1 radical (unpaired) electrons. The molecule has 24 heavy (non-hydrogen) atoms. The molecular formula is C14H12F3N6O. The van der Waals surface area contributed by atoms with Crippen molar-refractivity contribution >= 4 is 17.4 Å². The van der Waals surface area contributed by atoms with Crippen LogP contribution >= 0.6 is 0 Å². The molecule has 0 saturated carbocycles. The molecule has 0 spiro atoms. The summed E-state index contributed by atoms with van der Waals surface area (Å²) in [7, 11) is 0. The second-order valence-corrected chi connectivity index (χ2v) is 5.30. The Hall–Kier alpha value is -2.62. The molecule has 0 unspecified atom stereocenters. The van der Waals surface area contributed by atoms with Crippen LogP contribution in [0.3, 0.4) is 0 Å². The number of hydrogen-bond donors (Lipinski definition) is 2. The van der Waals surface area contributed by atoms with Crippen LogP contribution in [0.2, 0.25) is 0 Å². The third kappa shape index (κ3) is 2.68. The average Bonchev–Trinajstić information content (AvgIpc) is 3.26. The lowest BCUT2D eigenvalue weighted by molar-refractivity contribution is -0.140. The minimum Gasteiger partial charge on any atom is -0.372 e. The summed E-state index contributed by atoms with van der Waals surface area (Å²) in [5, 5.41) is 9.84. The van der Waals surface area contributed by atoms with Gasteiger partial charge in [0.15, 0.2) is 11.5 Å². The Bertz CT molecular complexity index is 865. The van der Waals surface area contributed by atoms with Gasteiger partial charge in [-0.05, 0) is 18.9 Å². The number of hydrogen-bond acceptors (Lipinski definition) is 5. The van der Waals surface area contributed by atoms with E-state index in [0.29, 0.717) is 12.4 Å². The number of ether oxygens (including phenoxy) is 1. The SMILES string of the molecule is FC(F)(F)c1cn2c(Nc3cc([C@H]4C[CH]CO4)[nH]n3)nccc2n1. The first kappa shape index (κ1) is 14.9. The second kappa shape index (κ2) is 5.48. The van der Waals surface area contributed by atoms with Crippen LogP contribution in [-0.2, 0) is 10.9 Å². The first-order valence-electron chi connectivity index (χ1n) is 7.17. The molecule has 4 heterocycles. The predicted molar refractivity (Wildman–Crippen MR) is 77.5 cm³/mol. The molecular weight excluding hydrogens is 325 g/mol. The van der Waals surface area contributed by atoms with Crippen LogP contribution in [0.25, 0.3) is 5.65 Å². The number of rotatable bonds is 3. The van der Waals surface area contributed by atoms with E-state index in [1.54, 1.807) is 6.07 Å². The Balaban J connectivity index is 1.63. The van der Waals surface area contributed by atoms with Crippen LogP contribution in [0.4, 0.5) is 24.9 Å². The van der Waals surface area contributed by atoms with Gasteiger partial charge in [0.05, 0.1) is 18.4 Å². The van der Waals surface area contributed by atoms with E-state index < -0.39 is 11.9 Å². The summed E-state index contributed by atoms with van der Waals surface area (Å²) >= 11 is 0. The maximum Gasteiger partial charge on any atom is 0.434 e. The summed E-state index contributed by atoms with van der Waals surface area (Å²) in [5.74, 6) is 0.621. The molecule has 2 N–H and O–H groups in total. The van der Waals surface area contributed by atoms with Crippen molar-refractivity contribution in [2.45, 2.75) is 18.7 Å². The number of anilines is 2. The topological polar surface area (TPSA) is 80.1 Å². The summed E-state index contributed by atoms with van der Waals surface area (Å²) in [6, 6.07) is 3.14. The molecule has 10 heteroatoms. The molecule has 1 fully saturated rings. The minimum atomic E-state index is -4.51. The molecule has 125 valence electrons. The fraction of sp³-hybridized carbons (Fsp3) is 0.286. The summed E-state index contributed by atoms with van der Waals surface area (Å²) in [4.78, 5) is 7.62. The molecule has 3 aromatic heterocycles. The molecule has 3 aromatic rings. The summed E-state index contributed by atoms with van der Waals surface area (Å²) < 4.78 is 45.2. The molecule has 1 atom stereocenters. The van der Waals surface area contributed by atoms with Crippen molar-refractivity contribution in [3.63, 3.8) is 0 Å². The van der Waals surface area contributed by atoms with Crippen molar-refractivity contribution < 1.29 is 17.9 Å². The van der Waals surface area contributed by atoms with Crippen LogP contribution in [0.5, 0.6) is 0 Å². The highest BCUT2D eigenvalue weighted by atomic mass is 19.4. The van der Waals surface area contributed by atoms with Gasteiger partial charge in [-0.25, -0.2) is 9.97 Å². The highest BCUT2D eigenvalue weighted by molar-refractivity contribution is 5.54. The molecule has 1 saturated heterocycles. The lowest BCUT2D eigenvalue weighted by atomic mass is 10.2. The molecule has 1 aliphatic heterocycles. The number of aromatic amines is 1. The monoisotopic (exact) mass is 337 g/mol. The van der Waals surface area contributed by atoms with E-state index in [4.69, 9.17) is 4.74 Å². The number of aromatic nitrogens is 5. The minimum absolute atomic E-state index is 0.0816. The molecule has 0 bridgehead atoms. The Kier molecular flexibility index (Phi) is 3.41. The van der Waals surface area contributed by atoms with Crippen molar-refractivity contribution in [1.29, 1.82) is 0 Å². The third-order valence-electron chi connectivity index (χ3n) is 3.65. The van der Waals surface area contributed by atoms with Gasteiger partial charge in [-0.15, -0.1) is 0 Å². The average molecular weight is 337 g/mol. The summed E-state index contributed by atoms with van der Waals surface area (Å²) in [6.07, 6.45) is 0.485. The zero-order valence-electron chi connectivity index (χ0n) is 12.2. The van der Waals surface area contributed by atoms with Crippen molar-refractivity contribution in [3.05, 3.63) is 42.3 Å².